The summed E-state index contributed by atoms with van der Waals surface area (Å²) < 4.78 is 0. The van der Waals surface area contributed by atoms with Crippen LogP contribution >= 0.6 is 0 Å². The molecule has 4 heteroatoms. The van der Waals surface area contributed by atoms with Crippen molar-refractivity contribution < 1.29 is 15.0 Å². The number of hydrogen-bond acceptors (Lipinski definition) is 3. The first-order chi connectivity index (χ1) is 7.09. The third kappa shape index (κ3) is 2.49. The van der Waals surface area contributed by atoms with Crippen molar-refractivity contribution in [3.63, 3.8) is 0 Å². The van der Waals surface area contributed by atoms with E-state index in [1.165, 1.54) is 6.42 Å². The molecular weight excluding hydrogens is 194 g/mol. The molecule has 4 nitrogen and oxygen atoms in total. The van der Waals surface area contributed by atoms with Crippen LogP contribution in [0.4, 0.5) is 0 Å². The van der Waals surface area contributed by atoms with Gasteiger partial charge in [0, 0.05) is 19.0 Å². The Hall–Kier alpha value is -0.610. The molecule has 0 aliphatic carbocycles. The Morgan fingerprint density at radius 2 is 2.27 bits per heavy atom. The zero-order valence-electron chi connectivity index (χ0n) is 8.98. The molecule has 0 aromatic rings. The fourth-order valence-electron chi connectivity index (χ4n) is 2.88. The molecule has 2 heterocycles. The molecule has 0 saturated carbocycles. The summed E-state index contributed by atoms with van der Waals surface area (Å²) in [5.74, 6) is -0.808. The first kappa shape index (κ1) is 10.9. The van der Waals surface area contributed by atoms with Gasteiger partial charge in [0.2, 0.25) is 0 Å². The molecule has 2 aliphatic heterocycles. The zero-order valence-corrected chi connectivity index (χ0v) is 8.98. The topological polar surface area (TPSA) is 60.8 Å². The first-order valence-electron chi connectivity index (χ1n) is 5.77. The quantitative estimate of drug-likeness (QED) is 0.729. The fraction of sp³-hybridized carbons (Fsp3) is 0.909. The summed E-state index contributed by atoms with van der Waals surface area (Å²) in [4.78, 5) is 12.9. The van der Waals surface area contributed by atoms with Crippen LogP contribution in [0.25, 0.3) is 0 Å². The second-order valence-electron chi connectivity index (χ2n) is 4.90. The maximum absolute atomic E-state index is 10.5. The number of aliphatic hydroxyl groups is 1. The highest BCUT2D eigenvalue weighted by atomic mass is 16.4. The van der Waals surface area contributed by atoms with Gasteiger partial charge in [0.1, 0.15) is 0 Å². The first-order valence-corrected chi connectivity index (χ1v) is 5.77. The molecular formula is C11H19NO3. The van der Waals surface area contributed by atoms with E-state index in [9.17, 15) is 9.90 Å². The fourth-order valence-corrected chi connectivity index (χ4v) is 2.88. The van der Waals surface area contributed by atoms with E-state index in [0.717, 1.165) is 32.4 Å². The number of carbonyl (C=O) groups is 1. The van der Waals surface area contributed by atoms with Crippen molar-refractivity contribution in [1.29, 1.82) is 0 Å². The Balaban J connectivity index is 1.89. The van der Waals surface area contributed by atoms with Crippen molar-refractivity contribution >= 4 is 5.97 Å². The van der Waals surface area contributed by atoms with Gasteiger partial charge in [0.05, 0.1) is 5.60 Å². The molecule has 86 valence electrons. The summed E-state index contributed by atoms with van der Waals surface area (Å²) in [5.41, 5.74) is -0.718. The number of fused-ring (bicyclic) bond motifs is 1. The number of carboxylic acids is 1. The van der Waals surface area contributed by atoms with E-state index in [1.54, 1.807) is 0 Å². The van der Waals surface area contributed by atoms with Crippen molar-refractivity contribution in [2.24, 2.45) is 0 Å². The zero-order chi connectivity index (χ0) is 10.9. The van der Waals surface area contributed by atoms with E-state index < -0.39 is 11.6 Å². The van der Waals surface area contributed by atoms with E-state index in [1.807, 2.05) is 0 Å². The number of carboxylic acid groups (broad SMARTS) is 1. The minimum Gasteiger partial charge on any atom is -0.481 e. The van der Waals surface area contributed by atoms with Crippen LogP contribution in [0.5, 0.6) is 0 Å². The summed E-state index contributed by atoms with van der Waals surface area (Å²) in [7, 11) is 0. The molecule has 2 saturated heterocycles. The van der Waals surface area contributed by atoms with Gasteiger partial charge in [-0.25, -0.2) is 0 Å². The lowest BCUT2D eigenvalue weighted by molar-refractivity contribution is -0.139. The number of aliphatic carboxylic acids is 1. The maximum atomic E-state index is 10.5. The smallest absolute Gasteiger partial charge is 0.303 e. The molecule has 0 spiro atoms. The average Bonchev–Trinajstić information content (AvgIpc) is 2.62. The van der Waals surface area contributed by atoms with Crippen LogP contribution in [0.2, 0.25) is 0 Å². The van der Waals surface area contributed by atoms with E-state index in [-0.39, 0.29) is 6.42 Å². The van der Waals surface area contributed by atoms with Crippen molar-refractivity contribution in [3.8, 4) is 0 Å². The van der Waals surface area contributed by atoms with Crippen molar-refractivity contribution in [2.45, 2.75) is 50.2 Å². The summed E-state index contributed by atoms with van der Waals surface area (Å²) in [6, 6.07) is 0.498. The highest BCUT2D eigenvalue weighted by Gasteiger charge is 2.39. The van der Waals surface area contributed by atoms with E-state index in [2.05, 4.69) is 4.90 Å². The van der Waals surface area contributed by atoms with Crippen LogP contribution in [-0.4, -0.2) is 45.8 Å². The standard InChI is InChI=1S/C11H19NO3/c13-10(14)3-4-11(15)5-7-12-6-1-2-9(12)8-11/h9,15H,1-8H2,(H,13,14). The number of piperidine rings is 1. The molecule has 0 radical (unpaired) electrons. The lowest BCUT2D eigenvalue weighted by atomic mass is 9.83. The minimum atomic E-state index is -0.808. The molecule has 2 aliphatic rings. The van der Waals surface area contributed by atoms with E-state index in [4.69, 9.17) is 5.11 Å². The molecule has 2 fully saturated rings. The lowest BCUT2D eigenvalue weighted by Gasteiger charge is -2.40. The normalized spacial score (nSPS) is 36.5. The summed E-state index contributed by atoms with van der Waals surface area (Å²) in [6.45, 7) is 2.08. The number of hydrogen-bond donors (Lipinski definition) is 2. The van der Waals surface area contributed by atoms with Gasteiger partial charge in [0.25, 0.3) is 0 Å². The minimum absolute atomic E-state index is 0.0865. The van der Waals surface area contributed by atoms with Crippen LogP contribution in [0.1, 0.15) is 38.5 Å². The van der Waals surface area contributed by atoms with Gasteiger partial charge in [-0.3, -0.25) is 4.79 Å². The second-order valence-corrected chi connectivity index (χ2v) is 4.90. The van der Waals surface area contributed by atoms with E-state index in [0.29, 0.717) is 12.5 Å². The summed E-state index contributed by atoms with van der Waals surface area (Å²) >= 11 is 0. The van der Waals surface area contributed by atoms with Crippen LogP contribution in [0, 0.1) is 0 Å². The van der Waals surface area contributed by atoms with Gasteiger partial charge in [0.15, 0.2) is 0 Å². The molecule has 0 aromatic heterocycles. The van der Waals surface area contributed by atoms with Gasteiger partial charge >= 0.3 is 5.97 Å². The Kier molecular flexibility index (Phi) is 2.98. The molecule has 2 unspecified atom stereocenters. The predicted octanol–water partition coefficient (Wildman–Crippen LogP) is 0.840. The predicted molar refractivity (Wildman–Crippen MR) is 55.6 cm³/mol. The molecule has 0 bridgehead atoms. The van der Waals surface area contributed by atoms with Gasteiger partial charge in [-0.2, -0.15) is 0 Å². The maximum Gasteiger partial charge on any atom is 0.303 e. The van der Waals surface area contributed by atoms with Crippen LogP contribution in [-0.2, 0) is 4.79 Å². The summed E-state index contributed by atoms with van der Waals surface area (Å²) in [6.07, 6.45) is 4.38. The molecule has 2 rings (SSSR count). The Bertz CT molecular complexity index is 256. The molecule has 0 amide bonds. The van der Waals surface area contributed by atoms with Gasteiger partial charge in [-0.05, 0) is 38.6 Å². The Morgan fingerprint density at radius 1 is 1.47 bits per heavy atom. The SMILES string of the molecule is O=C(O)CCC1(O)CCN2CCCC2C1. The highest BCUT2D eigenvalue weighted by molar-refractivity contribution is 5.66. The highest BCUT2D eigenvalue weighted by Crippen LogP contribution is 2.35. The van der Waals surface area contributed by atoms with Crippen LogP contribution in [0.3, 0.4) is 0 Å². The molecule has 0 aromatic carbocycles. The van der Waals surface area contributed by atoms with E-state index >= 15 is 0 Å². The second kappa shape index (κ2) is 4.10. The van der Waals surface area contributed by atoms with Gasteiger partial charge < -0.3 is 15.1 Å². The van der Waals surface area contributed by atoms with Gasteiger partial charge in [-0.1, -0.05) is 0 Å². The Labute approximate surface area is 89.9 Å². The molecule has 2 atom stereocenters. The van der Waals surface area contributed by atoms with Crippen molar-refractivity contribution in [2.75, 3.05) is 13.1 Å². The number of rotatable bonds is 3. The lowest BCUT2D eigenvalue weighted by Crippen LogP contribution is -2.47. The van der Waals surface area contributed by atoms with Crippen LogP contribution < -0.4 is 0 Å². The van der Waals surface area contributed by atoms with Gasteiger partial charge in [-0.15, -0.1) is 0 Å². The number of nitrogens with zero attached hydrogens (tertiary/aromatic N) is 1. The monoisotopic (exact) mass is 213 g/mol. The third-order valence-electron chi connectivity index (χ3n) is 3.78. The molecule has 2 N–H and O–H groups in total. The molecule has 15 heavy (non-hydrogen) atoms. The Morgan fingerprint density at radius 3 is 3.00 bits per heavy atom. The average molecular weight is 213 g/mol. The summed E-state index contributed by atoms with van der Waals surface area (Å²) in [5, 5.41) is 18.9. The van der Waals surface area contributed by atoms with Crippen molar-refractivity contribution in [3.05, 3.63) is 0 Å². The largest absolute Gasteiger partial charge is 0.481 e. The van der Waals surface area contributed by atoms with Crippen LogP contribution in [0.15, 0.2) is 0 Å². The van der Waals surface area contributed by atoms with Crippen molar-refractivity contribution in [1.82, 2.24) is 4.90 Å². The third-order valence-corrected chi connectivity index (χ3v) is 3.78.